The van der Waals surface area contributed by atoms with Crippen LogP contribution in [0.1, 0.15) is 19.8 Å². The van der Waals surface area contributed by atoms with Gasteiger partial charge in [0.25, 0.3) is 0 Å². The van der Waals surface area contributed by atoms with Gasteiger partial charge >= 0.3 is 0 Å². The van der Waals surface area contributed by atoms with E-state index in [0.717, 1.165) is 12.8 Å². The first-order chi connectivity index (χ1) is 4.84. The van der Waals surface area contributed by atoms with Gasteiger partial charge in [0, 0.05) is 11.8 Å². The molecule has 1 nitrogen and oxygen atoms in total. The lowest BCUT2D eigenvalue weighted by Gasteiger charge is -2.37. The van der Waals surface area contributed by atoms with Gasteiger partial charge in [-0.3, -0.25) is 4.79 Å². The molecule has 0 aliphatic heterocycles. The Labute approximate surface area is 61.1 Å². The molecule has 0 heterocycles. The zero-order valence-electron chi connectivity index (χ0n) is 6.21. The molecule has 0 N–H and O–H groups in total. The van der Waals surface area contributed by atoms with Gasteiger partial charge in [-0.15, -0.1) is 0 Å². The van der Waals surface area contributed by atoms with Crippen LogP contribution in [0.5, 0.6) is 0 Å². The number of hydrogen-bond acceptors (Lipinski definition) is 1. The van der Waals surface area contributed by atoms with Crippen molar-refractivity contribution in [2.24, 2.45) is 17.8 Å². The van der Waals surface area contributed by atoms with Crippen LogP contribution in [-0.4, -0.2) is 5.78 Å². The molecule has 0 aromatic heterocycles. The summed E-state index contributed by atoms with van der Waals surface area (Å²) < 4.78 is 0. The van der Waals surface area contributed by atoms with Crippen molar-refractivity contribution < 1.29 is 4.79 Å². The van der Waals surface area contributed by atoms with Crippen LogP contribution >= 0.6 is 0 Å². The molecule has 2 rings (SSSR count). The van der Waals surface area contributed by atoms with Gasteiger partial charge in [0.2, 0.25) is 0 Å². The van der Waals surface area contributed by atoms with Gasteiger partial charge in [-0.05, 0) is 18.8 Å². The highest BCUT2D eigenvalue weighted by Crippen LogP contribution is 2.45. The molecule has 1 heteroatoms. The second-order valence-electron chi connectivity index (χ2n) is 3.26. The van der Waals surface area contributed by atoms with Crippen LogP contribution in [0, 0.1) is 17.8 Å². The Hall–Kier alpha value is -0.590. The molecule has 1 saturated carbocycles. The molecule has 0 aromatic rings. The van der Waals surface area contributed by atoms with Crippen molar-refractivity contribution in [1.29, 1.82) is 0 Å². The number of carbonyl (C=O) groups is 1. The predicted octanol–water partition coefficient (Wildman–Crippen LogP) is 1.79. The number of hydrogen-bond donors (Lipinski definition) is 0. The third-order valence-corrected chi connectivity index (χ3v) is 2.85. The first kappa shape index (κ1) is 6.14. The molecule has 0 saturated heterocycles. The molecule has 0 amide bonds. The van der Waals surface area contributed by atoms with E-state index >= 15 is 0 Å². The molecule has 2 aliphatic carbocycles. The van der Waals surface area contributed by atoms with E-state index in [1.807, 2.05) is 0 Å². The van der Waals surface area contributed by atoms with Crippen molar-refractivity contribution >= 4 is 5.78 Å². The fourth-order valence-corrected chi connectivity index (χ4v) is 2.21. The highest BCUT2D eigenvalue weighted by Gasteiger charge is 2.47. The van der Waals surface area contributed by atoms with E-state index in [0.29, 0.717) is 23.5 Å². The quantitative estimate of drug-likeness (QED) is 0.502. The minimum Gasteiger partial charge on any atom is -0.299 e. The lowest BCUT2D eigenvalue weighted by atomic mass is 9.64. The average molecular weight is 136 g/mol. The molecule has 54 valence electrons. The van der Waals surface area contributed by atoms with E-state index in [-0.39, 0.29) is 0 Å². The SMILES string of the molecule is CCC1C(=O)C2CC=CC12. The van der Waals surface area contributed by atoms with E-state index < -0.39 is 0 Å². The Morgan fingerprint density at radius 3 is 3.20 bits per heavy atom. The normalized spacial score (nSPS) is 43.3. The van der Waals surface area contributed by atoms with Crippen molar-refractivity contribution in [2.75, 3.05) is 0 Å². The van der Waals surface area contributed by atoms with E-state index in [1.165, 1.54) is 0 Å². The maximum Gasteiger partial charge on any atom is 0.140 e. The van der Waals surface area contributed by atoms with E-state index in [1.54, 1.807) is 0 Å². The number of Topliss-reactive ketones (excluding diaryl/α,β-unsaturated/α-hetero) is 1. The van der Waals surface area contributed by atoms with Crippen molar-refractivity contribution in [1.82, 2.24) is 0 Å². The van der Waals surface area contributed by atoms with Crippen LogP contribution < -0.4 is 0 Å². The first-order valence-corrected chi connectivity index (χ1v) is 4.05. The smallest absolute Gasteiger partial charge is 0.140 e. The van der Waals surface area contributed by atoms with Gasteiger partial charge in [-0.1, -0.05) is 19.1 Å². The van der Waals surface area contributed by atoms with Gasteiger partial charge in [0.15, 0.2) is 0 Å². The third kappa shape index (κ3) is 0.556. The van der Waals surface area contributed by atoms with E-state index in [9.17, 15) is 4.79 Å². The predicted molar refractivity (Wildman–Crippen MR) is 39.5 cm³/mol. The summed E-state index contributed by atoms with van der Waals surface area (Å²) in [6.07, 6.45) is 6.42. The molecule has 0 aromatic carbocycles. The summed E-state index contributed by atoms with van der Waals surface area (Å²) in [5.41, 5.74) is 0. The molecule has 2 aliphatic rings. The van der Waals surface area contributed by atoms with Crippen molar-refractivity contribution in [3.63, 3.8) is 0 Å². The topological polar surface area (TPSA) is 17.1 Å². The monoisotopic (exact) mass is 136 g/mol. The summed E-state index contributed by atoms with van der Waals surface area (Å²) in [6.45, 7) is 2.10. The van der Waals surface area contributed by atoms with Crippen LogP contribution in [-0.2, 0) is 4.79 Å². The first-order valence-electron chi connectivity index (χ1n) is 4.05. The van der Waals surface area contributed by atoms with Gasteiger partial charge in [-0.2, -0.15) is 0 Å². The molecular weight excluding hydrogens is 124 g/mol. The van der Waals surface area contributed by atoms with Gasteiger partial charge in [0.1, 0.15) is 5.78 Å². The Morgan fingerprint density at radius 1 is 1.70 bits per heavy atom. The highest BCUT2D eigenvalue weighted by molar-refractivity contribution is 5.91. The zero-order valence-corrected chi connectivity index (χ0v) is 6.21. The third-order valence-electron chi connectivity index (χ3n) is 2.85. The maximum atomic E-state index is 11.2. The van der Waals surface area contributed by atoms with Crippen molar-refractivity contribution in [3.05, 3.63) is 12.2 Å². The molecule has 0 bridgehead atoms. The standard InChI is InChI=1S/C9H12O/c1-2-6-7-4-3-5-8(7)9(6)10/h3-4,6-8H,2,5H2,1H3. The fraction of sp³-hybridized carbons (Fsp3) is 0.667. The van der Waals surface area contributed by atoms with Crippen LogP contribution in [0.3, 0.4) is 0 Å². The molecule has 3 atom stereocenters. The summed E-state index contributed by atoms with van der Waals surface area (Å²) in [4.78, 5) is 11.2. The number of allylic oxidation sites excluding steroid dienone is 2. The number of ketones is 1. The second kappa shape index (κ2) is 1.94. The van der Waals surface area contributed by atoms with Crippen LogP contribution in [0.2, 0.25) is 0 Å². The highest BCUT2D eigenvalue weighted by atomic mass is 16.1. The van der Waals surface area contributed by atoms with E-state index in [4.69, 9.17) is 0 Å². The molecule has 0 spiro atoms. The van der Waals surface area contributed by atoms with E-state index in [2.05, 4.69) is 19.1 Å². The Morgan fingerprint density at radius 2 is 2.50 bits per heavy atom. The molecule has 3 unspecified atom stereocenters. The van der Waals surface area contributed by atoms with Crippen LogP contribution in [0.4, 0.5) is 0 Å². The average Bonchev–Trinajstić information content (AvgIpc) is 2.33. The Bertz CT molecular complexity index is 193. The summed E-state index contributed by atoms with van der Waals surface area (Å²) in [5, 5.41) is 0. The molecule has 0 radical (unpaired) electrons. The molecule has 1 fully saturated rings. The molecular formula is C9H12O. The number of carbonyl (C=O) groups excluding carboxylic acids is 1. The van der Waals surface area contributed by atoms with Crippen molar-refractivity contribution in [3.8, 4) is 0 Å². The summed E-state index contributed by atoms with van der Waals surface area (Å²) in [7, 11) is 0. The van der Waals surface area contributed by atoms with Gasteiger partial charge in [-0.25, -0.2) is 0 Å². The minimum absolute atomic E-state index is 0.378. The summed E-state index contributed by atoms with van der Waals surface area (Å²) >= 11 is 0. The summed E-state index contributed by atoms with van der Waals surface area (Å²) in [6, 6.07) is 0. The Kier molecular flexibility index (Phi) is 1.19. The minimum atomic E-state index is 0.378. The van der Waals surface area contributed by atoms with Gasteiger partial charge < -0.3 is 0 Å². The number of fused-ring (bicyclic) bond motifs is 1. The van der Waals surface area contributed by atoms with Crippen molar-refractivity contribution in [2.45, 2.75) is 19.8 Å². The lowest BCUT2D eigenvalue weighted by molar-refractivity contribution is -0.139. The van der Waals surface area contributed by atoms with Crippen LogP contribution in [0.25, 0.3) is 0 Å². The number of rotatable bonds is 1. The van der Waals surface area contributed by atoms with Crippen LogP contribution in [0.15, 0.2) is 12.2 Å². The fourth-order valence-electron chi connectivity index (χ4n) is 2.21. The lowest BCUT2D eigenvalue weighted by Crippen LogP contribution is -2.43. The van der Waals surface area contributed by atoms with Gasteiger partial charge in [0.05, 0.1) is 0 Å². The zero-order chi connectivity index (χ0) is 7.14. The molecule has 10 heavy (non-hydrogen) atoms. The largest absolute Gasteiger partial charge is 0.299 e. The summed E-state index contributed by atoms with van der Waals surface area (Å²) in [5.74, 6) is 1.91. The second-order valence-corrected chi connectivity index (χ2v) is 3.26. The maximum absolute atomic E-state index is 11.2. The Balaban J connectivity index is 2.13.